The number of halogens is 1. The summed E-state index contributed by atoms with van der Waals surface area (Å²) in [6.07, 6.45) is 9.01. The van der Waals surface area contributed by atoms with E-state index in [1.165, 1.54) is 17.1 Å². The van der Waals surface area contributed by atoms with E-state index in [9.17, 15) is 9.59 Å². The molecule has 1 saturated carbocycles. The van der Waals surface area contributed by atoms with E-state index in [0.717, 1.165) is 31.2 Å². The number of carbonyl (C=O) groups is 2. The summed E-state index contributed by atoms with van der Waals surface area (Å²) >= 11 is 5.93. The Labute approximate surface area is 172 Å². The molecule has 0 unspecified atom stereocenters. The van der Waals surface area contributed by atoms with E-state index in [1.54, 1.807) is 18.3 Å². The summed E-state index contributed by atoms with van der Waals surface area (Å²) in [4.78, 5) is 24.8. The number of carbonyl (C=O) groups excluding carboxylic acids is 2. The van der Waals surface area contributed by atoms with Crippen LogP contribution < -0.4 is 10.6 Å². The first-order valence-electron chi connectivity index (χ1n) is 9.51. The second kappa shape index (κ2) is 8.48. The Morgan fingerprint density at radius 3 is 2.69 bits per heavy atom. The number of aromatic nitrogens is 4. The highest BCUT2D eigenvalue weighted by Crippen LogP contribution is 2.23. The van der Waals surface area contributed by atoms with Crippen molar-refractivity contribution in [1.29, 1.82) is 0 Å². The van der Waals surface area contributed by atoms with Crippen molar-refractivity contribution in [2.24, 2.45) is 0 Å². The van der Waals surface area contributed by atoms with Crippen LogP contribution >= 0.6 is 11.6 Å². The normalized spacial score (nSPS) is 14.1. The highest BCUT2D eigenvalue weighted by Gasteiger charge is 2.18. The fraction of sp³-hybridized carbons (Fsp3) is 0.300. The summed E-state index contributed by atoms with van der Waals surface area (Å²) in [6, 6.07) is 7.39. The lowest BCUT2D eigenvalue weighted by molar-refractivity contribution is -0.122. The van der Waals surface area contributed by atoms with Gasteiger partial charge in [0.25, 0.3) is 5.91 Å². The number of H-pyrrole nitrogens is 1. The average molecular weight is 413 g/mol. The van der Waals surface area contributed by atoms with E-state index in [2.05, 4.69) is 25.9 Å². The van der Waals surface area contributed by atoms with Gasteiger partial charge < -0.3 is 10.6 Å². The van der Waals surface area contributed by atoms with Crippen LogP contribution in [0.25, 0.3) is 11.3 Å². The lowest BCUT2D eigenvalue weighted by Crippen LogP contribution is -2.35. The molecule has 1 aromatic carbocycles. The number of benzene rings is 1. The van der Waals surface area contributed by atoms with Gasteiger partial charge in [0.05, 0.1) is 29.3 Å². The topological polar surface area (TPSA) is 105 Å². The Balaban J connectivity index is 1.39. The van der Waals surface area contributed by atoms with Crippen molar-refractivity contribution in [3.05, 3.63) is 53.4 Å². The molecule has 1 aliphatic carbocycles. The van der Waals surface area contributed by atoms with E-state index in [4.69, 9.17) is 11.6 Å². The smallest absolute Gasteiger partial charge is 0.259 e. The summed E-state index contributed by atoms with van der Waals surface area (Å²) in [6.45, 7) is 0.119. The van der Waals surface area contributed by atoms with Crippen molar-refractivity contribution in [2.75, 3.05) is 5.32 Å². The predicted octanol–water partition coefficient (Wildman–Crippen LogP) is 3.24. The van der Waals surface area contributed by atoms with Gasteiger partial charge in [-0.1, -0.05) is 36.6 Å². The summed E-state index contributed by atoms with van der Waals surface area (Å²) in [7, 11) is 0. The van der Waals surface area contributed by atoms with Gasteiger partial charge in [-0.15, -0.1) is 0 Å². The highest BCUT2D eigenvalue weighted by molar-refractivity contribution is 6.30. The van der Waals surface area contributed by atoms with Crippen LogP contribution in [0.2, 0.25) is 5.02 Å². The monoisotopic (exact) mass is 412 g/mol. The quantitative estimate of drug-likeness (QED) is 0.578. The van der Waals surface area contributed by atoms with Crippen LogP contribution in [0.1, 0.15) is 36.0 Å². The van der Waals surface area contributed by atoms with Crippen molar-refractivity contribution < 1.29 is 9.59 Å². The Morgan fingerprint density at radius 2 is 1.93 bits per heavy atom. The Bertz CT molecular complexity index is 1000. The van der Waals surface area contributed by atoms with Crippen LogP contribution in [0, 0.1) is 0 Å². The Hall–Kier alpha value is -3.13. The fourth-order valence-corrected chi connectivity index (χ4v) is 3.62. The molecular formula is C20H21ClN6O2. The third kappa shape index (κ3) is 4.65. The minimum atomic E-state index is -0.321. The molecule has 0 bridgehead atoms. The molecule has 0 atom stereocenters. The first kappa shape index (κ1) is 19.2. The van der Waals surface area contributed by atoms with E-state index < -0.39 is 0 Å². The molecule has 29 heavy (non-hydrogen) atoms. The number of hydrogen-bond donors (Lipinski definition) is 3. The van der Waals surface area contributed by atoms with Gasteiger partial charge in [0.15, 0.2) is 0 Å². The molecular weight excluding hydrogens is 392 g/mol. The second-order valence-corrected chi connectivity index (χ2v) is 7.53. The number of rotatable bonds is 6. The van der Waals surface area contributed by atoms with Crippen LogP contribution in [0.4, 0.5) is 5.69 Å². The number of amides is 2. The Morgan fingerprint density at radius 1 is 1.17 bits per heavy atom. The van der Waals surface area contributed by atoms with Crippen molar-refractivity contribution in [3.8, 4) is 11.3 Å². The molecule has 8 nitrogen and oxygen atoms in total. The van der Waals surface area contributed by atoms with Crippen LogP contribution in [0.5, 0.6) is 0 Å². The van der Waals surface area contributed by atoms with Gasteiger partial charge in [-0.25, -0.2) is 0 Å². The number of anilines is 1. The lowest BCUT2D eigenvalue weighted by Gasteiger charge is -2.11. The number of hydrogen-bond acceptors (Lipinski definition) is 4. The zero-order chi connectivity index (χ0) is 20.2. The van der Waals surface area contributed by atoms with Gasteiger partial charge in [0.2, 0.25) is 5.91 Å². The summed E-state index contributed by atoms with van der Waals surface area (Å²) in [5, 5.41) is 17.4. The predicted molar refractivity (Wildman–Crippen MR) is 110 cm³/mol. The Kier molecular flexibility index (Phi) is 5.62. The molecule has 0 radical (unpaired) electrons. The molecule has 9 heteroatoms. The molecule has 0 spiro atoms. The first-order valence-corrected chi connectivity index (χ1v) is 9.89. The lowest BCUT2D eigenvalue weighted by atomic mass is 10.1. The molecule has 2 aromatic heterocycles. The minimum absolute atomic E-state index is 0.0715. The molecule has 4 rings (SSSR count). The number of nitrogens with zero attached hydrogens (tertiary/aromatic N) is 3. The third-order valence-corrected chi connectivity index (χ3v) is 5.19. The largest absolute Gasteiger partial charge is 0.352 e. The maximum Gasteiger partial charge on any atom is 0.259 e. The van der Waals surface area contributed by atoms with Crippen LogP contribution in [-0.4, -0.2) is 37.8 Å². The van der Waals surface area contributed by atoms with Gasteiger partial charge in [-0.3, -0.25) is 19.4 Å². The standard InChI is InChI=1S/C20H21ClN6O2/c21-14-7-5-13(6-8-14)19-17(10-22-26-19)20(29)25-16-9-23-27(11-16)12-18(28)24-15-3-1-2-4-15/h5-11,15H,1-4,12H2,(H,22,26)(H,24,28)(H,25,29). The summed E-state index contributed by atoms with van der Waals surface area (Å²) in [5.74, 6) is -0.392. The highest BCUT2D eigenvalue weighted by atomic mass is 35.5. The maximum absolute atomic E-state index is 12.7. The molecule has 3 aromatic rings. The molecule has 2 heterocycles. The van der Waals surface area contributed by atoms with Gasteiger partial charge in [-0.05, 0) is 25.0 Å². The van der Waals surface area contributed by atoms with Gasteiger partial charge in [0.1, 0.15) is 6.54 Å². The van der Waals surface area contributed by atoms with E-state index >= 15 is 0 Å². The molecule has 0 saturated heterocycles. The number of nitrogens with one attached hydrogen (secondary N) is 3. The molecule has 150 valence electrons. The summed E-state index contributed by atoms with van der Waals surface area (Å²) in [5.41, 5.74) is 2.31. The molecule has 1 aliphatic rings. The van der Waals surface area contributed by atoms with Crippen LogP contribution in [0.15, 0.2) is 42.9 Å². The molecule has 0 aliphatic heterocycles. The van der Waals surface area contributed by atoms with E-state index in [-0.39, 0.29) is 24.4 Å². The zero-order valence-corrected chi connectivity index (χ0v) is 16.4. The van der Waals surface area contributed by atoms with Gasteiger partial charge >= 0.3 is 0 Å². The van der Waals surface area contributed by atoms with E-state index in [0.29, 0.717) is 22.0 Å². The van der Waals surface area contributed by atoms with Crippen molar-refractivity contribution in [2.45, 2.75) is 38.3 Å². The second-order valence-electron chi connectivity index (χ2n) is 7.10. The maximum atomic E-state index is 12.7. The fourth-order valence-electron chi connectivity index (χ4n) is 3.50. The molecule has 3 N–H and O–H groups in total. The minimum Gasteiger partial charge on any atom is -0.352 e. The van der Waals surface area contributed by atoms with Crippen LogP contribution in [-0.2, 0) is 11.3 Å². The van der Waals surface area contributed by atoms with Gasteiger partial charge in [-0.2, -0.15) is 10.2 Å². The van der Waals surface area contributed by atoms with Crippen LogP contribution in [0.3, 0.4) is 0 Å². The van der Waals surface area contributed by atoms with Gasteiger partial charge in [0, 0.05) is 22.8 Å². The van der Waals surface area contributed by atoms with Crippen molar-refractivity contribution in [1.82, 2.24) is 25.3 Å². The van der Waals surface area contributed by atoms with Crippen molar-refractivity contribution >= 4 is 29.1 Å². The summed E-state index contributed by atoms with van der Waals surface area (Å²) < 4.78 is 1.51. The van der Waals surface area contributed by atoms with Crippen molar-refractivity contribution in [3.63, 3.8) is 0 Å². The molecule has 2 amide bonds. The van der Waals surface area contributed by atoms with E-state index in [1.807, 2.05) is 12.1 Å². The number of aromatic amines is 1. The third-order valence-electron chi connectivity index (χ3n) is 4.93. The SMILES string of the molecule is O=C(Cn1cc(NC(=O)c2cn[nH]c2-c2ccc(Cl)cc2)cn1)NC1CCCC1. The first-order chi connectivity index (χ1) is 14.1. The average Bonchev–Trinajstić information content (AvgIpc) is 3.44. The molecule has 1 fully saturated rings. The zero-order valence-electron chi connectivity index (χ0n) is 15.7.